The summed E-state index contributed by atoms with van der Waals surface area (Å²) < 4.78 is 0. The molecule has 0 aromatic carbocycles. The Labute approximate surface area is 188 Å². The second-order valence-corrected chi connectivity index (χ2v) is 0. The molecular weight excluding hydrogens is 666 g/mol. The van der Waals surface area contributed by atoms with Gasteiger partial charge in [-0.3, -0.25) is 0 Å². The maximum atomic E-state index is 0. The third-order valence-corrected chi connectivity index (χ3v) is 0. The van der Waals surface area contributed by atoms with Crippen LogP contribution in [0.2, 0.25) is 0 Å². The Morgan fingerprint density at radius 2 is 0.429 bits per heavy atom. The molecule has 0 spiro atoms. The zero-order valence-electron chi connectivity index (χ0n) is 2.69. The van der Waals surface area contributed by atoms with E-state index < -0.39 is 0 Å². The Balaban J connectivity index is 0. The largest absolute Gasteiger partial charge is 3.00 e. The maximum Gasteiger partial charge on any atom is 3.00 e. The molecule has 0 rings (SSSR count). The van der Waals surface area contributed by atoms with E-state index in [1.165, 1.54) is 0 Å². The summed E-state index contributed by atoms with van der Waals surface area (Å²) in [4.78, 5) is 0. The number of hydrogen-bond acceptors (Lipinski definition) is 0. The van der Waals surface area contributed by atoms with Crippen LogP contribution in [-0.2, 0) is 16.4 Å². The summed E-state index contributed by atoms with van der Waals surface area (Å²) in [6.45, 7) is 0. The van der Waals surface area contributed by atoms with Crippen molar-refractivity contribution in [2.24, 2.45) is 0 Å². The van der Waals surface area contributed by atoms with E-state index in [0.717, 1.165) is 0 Å². The topological polar surface area (TPSA) is 85.5 Å². The molecule has 0 N–H and O–H groups in total. The monoisotopic (exact) mass is 670 g/mol. The summed E-state index contributed by atoms with van der Waals surface area (Å²) in [5.74, 6) is 0. The molecule has 0 amide bonds. The van der Waals surface area contributed by atoms with Crippen LogP contribution < -0.4 is 0 Å². The van der Waals surface area contributed by atoms with Crippen LogP contribution in [0.5, 0.6) is 0 Å². The zero-order valence-corrected chi connectivity index (χ0v) is 12.1. The summed E-state index contributed by atoms with van der Waals surface area (Å²) >= 11 is 0. The van der Waals surface area contributed by atoms with Crippen molar-refractivity contribution in [2.75, 3.05) is 0 Å². The van der Waals surface area contributed by atoms with E-state index >= 15 is 0 Å². The fourth-order valence-electron chi connectivity index (χ4n) is 0. The summed E-state index contributed by atoms with van der Waals surface area (Å²) in [6, 6.07) is 0. The predicted octanol–water partition coefficient (Wildman–Crippen LogP) is -0.356. The van der Waals surface area contributed by atoms with Gasteiger partial charge in [-0.15, -0.1) is 0 Å². The van der Waals surface area contributed by atoms with Crippen molar-refractivity contribution in [1.29, 1.82) is 0 Å². The Morgan fingerprint density at radius 1 is 0.429 bits per heavy atom. The normalized spacial score (nSPS) is 0. The van der Waals surface area contributed by atoms with Gasteiger partial charge in [0.05, 0.1) is 0 Å². The van der Waals surface area contributed by atoms with E-state index in [9.17, 15) is 0 Å². The van der Waals surface area contributed by atoms with Crippen molar-refractivity contribution in [3.05, 3.63) is 0 Å². The van der Waals surface area contributed by atoms with Crippen molar-refractivity contribution in [3.63, 3.8) is 0 Å². The third-order valence-electron chi connectivity index (χ3n) is 0. The SMILES string of the molecule is [Eu+3].[Eu+3].[Gd].[Gd].[O-2].[O-2].[O-2]. The minimum atomic E-state index is 0. The first-order chi connectivity index (χ1) is 0. The Hall–Kier alpha value is 5.70. The van der Waals surface area contributed by atoms with Crippen molar-refractivity contribution in [2.45, 2.75) is 0 Å². The number of hydrogen-bond donors (Lipinski definition) is 0. The second-order valence-electron chi connectivity index (χ2n) is 0. The average molecular weight is 666 g/mol. The van der Waals surface area contributed by atoms with Gasteiger partial charge < -0.3 is 16.4 Å². The summed E-state index contributed by atoms with van der Waals surface area (Å²) in [7, 11) is 0. The van der Waals surface area contributed by atoms with Gasteiger partial charge in [0, 0.05) is 79.9 Å². The molecule has 48 valence electrons. The molecular formula is Eu2Gd2O3. The van der Waals surface area contributed by atoms with Crippen LogP contribution in [0.3, 0.4) is 0 Å². The smallest absolute Gasteiger partial charge is 2.00 e. The molecule has 0 aliphatic rings. The average Bonchev–Trinajstić information content (AvgIpc) is 0. The first-order valence-corrected chi connectivity index (χ1v) is 0. The molecule has 0 atom stereocenters. The molecule has 0 aliphatic heterocycles. The Bertz CT molecular complexity index is 10.9. The van der Waals surface area contributed by atoms with Gasteiger partial charge in [0.2, 0.25) is 0 Å². The molecule has 0 unspecified atom stereocenters. The molecule has 0 heterocycles. The van der Waals surface area contributed by atoms with E-state index in [2.05, 4.69) is 0 Å². The van der Waals surface area contributed by atoms with Gasteiger partial charge in [-0.2, -0.15) is 0 Å². The van der Waals surface area contributed by atoms with Crippen LogP contribution in [-0.4, -0.2) is 0 Å². The van der Waals surface area contributed by atoms with Crippen molar-refractivity contribution < 1.29 is 195 Å². The van der Waals surface area contributed by atoms with Crippen LogP contribution in [0, 0.1) is 179 Å². The molecule has 0 aliphatic carbocycles. The van der Waals surface area contributed by atoms with Gasteiger partial charge in [0.1, 0.15) is 0 Å². The molecule has 0 aromatic heterocycles. The molecule has 0 bridgehead atoms. The molecule has 0 saturated carbocycles. The van der Waals surface area contributed by atoms with Crippen LogP contribution in [0.25, 0.3) is 0 Å². The molecule has 0 fully saturated rings. The van der Waals surface area contributed by atoms with E-state index in [0.29, 0.717) is 0 Å². The van der Waals surface area contributed by atoms with Crippen molar-refractivity contribution in [3.8, 4) is 0 Å². The molecule has 0 aromatic rings. The van der Waals surface area contributed by atoms with Crippen molar-refractivity contribution >= 4 is 0 Å². The van der Waals surface area contributed by atoms with Crippen LogP contribution >= 0.6 is 0 Å². The van der Waals surface area contributed by atoms with Gasteiger partial charge in [-0.1, -0.05) is 0 Å². The van der Waals surface area contributed by atoms with E-state index in [1.807, 2.05) is 0 Å². The van der Waals surface area contributed by atoms with E-state index in [-0.39, 0.29) is 195 Å². The first-order valence-electron chi connectivity index (χ1n) is 0. The van der Waals surface area contributed by atoms with Gasteiger partial charge in [0.25, 0.3) is 0 Å². The van der Waals surface area contributed by atoms with Crippen molar-refractivity contribution in [1.82, 2.24) is 0 Å². The number of rotatable bonds is 0. The summed E-state index contributed by atoms with van der Waals surface area (Å²) in [5, 5.41) is 0. The maximum absolute atomic E-state index is 0. The minimum absolute atomic E-state index is 0. The molecule has 7 heteroatoms. The summed E-state index contributed by atoms with van der Waals surface area (Å²) in [5.41, 5.74) is 0. The van der Waals surface area contributed by atoms with Gasteiger partial charge in [-0.05, 0) is 0 Å². The summed E-state index contributed by atoms with van der Waals surface area (Å²) in [6.07, 6.45) is 0. The second kappa shape index (κ2) is 41.2. The van der Waals surface area contributed by atoms with Crippen LogP contribution in [0.1, 0.15) is 0 Å². The molecule has 0 saturated heterocycles. The van der Waals surface area contributed by atoms with Crippen LogP contribution in [0.4, 0.5) is 0 Å². The van der Waals surface area contributed by atoms with Crippen LogP contribution in [0.15, 0.2) is 0 Å². The van der Waals surface area contributed by atoms with E-state index in [1.54, 1.807) is 0 Å². The minimum Gasteiger partial charge on any atom is -2.00 e. The fraction of sp³-hybridized carbons (Fsp3) is 0. The van der Waals surface area contributed by atoms with Gasteiger partial charge >= 0.3 is 98.8 Å². The fourth-order valence-corrected chi connectivity index (χ4v) is 0. The van der Waals surface area contributed by atoms with Gasteiger partial charge in [-0.25, -0.2) is 0 Å². The molecule has 7 heavy (non-hydrogen) atoms. The quantitative estimate of drug-likeness (QED) is 0.339. The predicted molar refractivity (Wildman–Crippen MR) is 2.06 cm³/mol. The third kappa shape index (κ3) is 33.9. The molecule has 3 nitrogen and oxygen atoms in total. The zero-order chi connectivity index (χ0) is 0. The first kappa shape index (κ1) is 53.5. The standard InChI is InChI=1S/2Eu.2Gd.3O/q2*+3;;;3*-2. The molecule has 0 radical (unpaired) electrons. The van der Waals surface area contributed by atoms with Gasteiger partial charge in [0.15, 0.2) is 0 Å². The van der Waals surface area contributed by atoms with E-state index in [4.69, 9.17) is 0 Å². The Morgan fingerprint density at radius 3 is 0.429 bits per heavy atom. The Kier molecular flexibility index (Phi) is 315.